The highest BCUT2D eigenvalue weighted by Crippen LogP contribution is 2.41. The summed E-state index contributed by atoms with van der Waals surface area (Å²) in [6, 6.07) is 9.93. The van der Waals surface area contributed by atoms with Crippen LogP contribution in [0.3, 0.4) is 0 Å². The van der Waals surface area contributed by atoms with Crippen LogP contribution in [-0.4, -0.2) is 85.0 Å². The molecule has 3 rings (SSSR count). The lowest BCUT2D eigenvalue weighted by atomic mass is 9.88. The monoisotopic (exact) mass is 916 g/mol. The van der Waals surface area contributed by atoms with E-state index in [9.17, 15) is 34.0 Å². The number of Topliss-reactive ketones (excluding diaryl/α,β-unsaturated/α-hetero) is 3. The molecule has 1 aliphatic rings. The summed E-state index contributed by atoms with van der Waals surface area (Å²) in [6.07, 6.45) is 12.9. The minimum atomic E-state index is -1.22. The molecule has 66 heavy (non-hydrogen) atoms. The van der Waals surface area contributed by atoms with Gasteiger partial charge in [0.05, 0.1) is 12.1 Å². The third-order valence-electron chi connectivity index (χ3n) is 11.8. The van der Waals surface area contributed by atoms with Crippen LogP contribution >= 0.6 is 0 Å². The predicted molar refractivity (Wildman–Crippen MR) is 255 cm³/mol. The molecule has 2 amide bonds. The van der Waals surface area contributed by atoms with Crippen LogP contribution < -0.4 is 26.3 Å². The van der Waals surface area contributed by atoms with Crippen molar-refractivity contribution in [3.63, 3.8) is 0 Å². The largest absolute Gasteiger partial charge is 0.492 e. The minimum Gasteiger partial charge on any atom is -0.492 e. The van der Waals surface area contributed by atoms with Gasteiger partial charge in [-0.1, -0.05) is 90.2 Å². The first-order chi connectivity index (χ1) is 31.5. The Morgan fingerprint density at radius 2 is 1.47 bits per heavy atom. The number of likely N-dealkylation sites (N-methyl/N-ethyl adjacent to an activating group) is 1. The number of hydrogen-bond donors (Lipinski definition) is 3. The van der Waals surface area contributed by atoms with Crippen molar-refractivity contribution in [2.24, 2.45) is 23.3 Å². The average molecular weight is 916 g/mol. The quantitative estimate of drug-likeness (QED) is 0.0573. The predicted octanol–water partition coefficient (Wildman–Crippen LogP) is 8.05. The molecular weight excluding hydrogens is 839 g/mol. The number of carbonyl (C=O) groups excluding carboxylic acids is 6. The molecule has 2 aromatic carbocycles. The van der Waals surface area contributed by atoms with E-state index in [-0.39, 0.29) is 75.5 Å². The van der Waals surface area contributed by atoms with Gasteiger partial charge in [0.25, 0.3) is 0 Å². The van der Waals surface area contributed by atoms with Crippen LogP contribution in [0.25, 0.3) is 11.1 Å². The van der Waals surface area contributed by atoms with Crippen LogP contribution in [0.1, 0.15) is 161 Å². The molecule has 0 fully saturated rings. The zero-order valence-electron chi connectivity index (χ0n) is 40.6. The van der Waals surface area contributed by atoms with Crippen molar-refractivity contribution in [3.05, 3.63) is 47.5 Å². The van der Waals surface area contributed by atoms with Crippen molar-refractivity contribution in [1.29, 1.82) is 5.26 Å². The molecule has 0 radical (unpaired) electrons. The van der Waals surface area contributed by atoms with Crippen molar-refractivity contribution in [2.45, 2.75) is 168 Å². The maximum atomic E-state index is 14.7. The van der Waals surface area contributed by atoms with Crippen molar-refractivity contribution in [3.8, 4) is 28.7 Å². The number of benzene rings is 2. The first-order valence-electron chi connectivity index (χ1n) is 24.2. The number of nitriles is 1. The van der Waals surface area contributed by atoms with Crippen LogP contribution in [0.5, 0.6) is 11.5 Å². The molecule has 0 aliphatic carbocycles. The third kappa shape index (κ3) is 18.6. The van der Waals surface area contributed by atoms with Crippen molar-refractivity contribution in [1.82, 2.24) is 10.2 Å². The lowest BCUT2D eigenvalue weighted by Crippen LogP contribution is -2.46. The highest BCUT2D eigenvalue weighted by atomic mass is 16.6. The maximum Gasteiger partial charge on any atom is 0.344 e. The van der Waals surface area contributed by atoms with Gasteiger partial charge in [0.2, 0.25) is 11.8 Å². The Labute approximate surface area is 393 Å². The lowest BCUT2D eigenvalue weighted by Gasteiger charge is -2.32. The van der Waals surface area contributed by atoms with E-state index in [1.54, 1.807) is 64.1 Å². The van der Waals surface area contributed by atoms with Gasteiger partial charge in [0.15, 0.2) is 18.2 Å². The number of fused-ring (bicyclic) bond motifs is 5. The van der Waals surface area contributed by atoms with Gasteiger partial charge < -0.3 is 35.9 Å². The van der Waals surface area contributed by atoms with Gasteiger partial charge >= 0.3 is 5.97 Å². The Morgan fingerprint density at radius 3 is 2.09 bits per heavy atom. The van der Waals surface area contributed by atoms with Crippen LogP contribution in [0, 0.1) is 23.2 Å². The number of nitrogens with zero attached hydrogens (tertiary/aromatic N) is 2. The van der Waals surface area contributed by atoms with E-state index in [1.807, 2.05) is 6.07 Å². The number of carbonyl (C=O) groups is 6. The second kappa shape index (κ2) is 28.8. The van der Waals surface area contributed by atoms with E-state index in [2.05, 4.69) is 12.2 Å². The third-order valence-corrected chi connectivity index (χ3v) is 11.8. The van der Waals surface area contributed by atoms with E-state index in [1.165, 1.54) is 56.9 Å². The number of nitrogens with one attached hydrogen (secondary N) is 1. The minimum absolute atomic E-state index is 0.0126. The van der Waals surface area contributed by atoms with E-state index in [0.717, 1.165) is 25.7 Å². The molecule has 4 atom stereocenters. The SMILES string of the molecule is CCCCCCCCCCCCCC(=O)C[C@@H](CCN)C(=O)N(C)[C@@H]1C(=O)C[C@@H](C)C(=O)N[C@H](C(=O)CCC#N)Cc2ccc(OCC(=O)OC(C)(C)C)c(c2)-c2cc1ccc2OCCN. The summed E-state index contributed by atoms with van der Waals surface area (Å²) >= 11 is 0. The highest BCUT2D eigenvalue weighted by Gasteiger charge is 2.36. The summed E-state index contributed by atoms with van der Waals surface area (Å²) < 4.78 is 17.8. The first kappa shape index (κ1) is 55.2. The van der Waals surface area contributed by atoms with Gasteiger partial charge in [0, 0.05) is 68.7 Å². The summed E-state index contributed by atoms with van der Waals surface area (Å²) in [5.74, 6) is -3.48. The highest BCUT2D eigenvalue weighted by molar-refractivity contribution is 5.96. The second-order valence-corrected chi connectivity index (χ2v) is 18.7. The maximum absolute atomic E-state index is 14.7. The van der Waals surface area contributed by atoms with Gasteiger partial charge in [0.1, 0.15) is 35.5 Å². The fraction of sp³-hybridized carbons (Fsp3) is 0.635. The summed E-state index contributed by atoms with van der Waals surface area (Å²) in [5.41, 5.74) is 13.0. The Bertz CT molecular complexity index is 1950. The molecule has 14 heteroatoms. The topological polar surface area (TPSA) is 221 Å². The van der Waals surface area contributed by atoms with Crippen LogP contribution in [0.4, 0.5) is 0 Å². The Kier molecular flexibility index (Phi) is 24.1. The number of ketones is 3. The molecule has 5 N–H and O–H groups in total. The van der Waals surface area contributed by atoms with E-state index in [0.29, 0.717) is 34.4 Å². The molecular formula is C52H77N5O9. The molecule has 1 aliphatic heterocycles. The number of rotatable bonds is 27. The van der Waals surface area contributed by atoms with Gasteiger partial charge in [-0.2, -0.15) is 5.26 Å². The van der Waals surface area contributed by atoms with E-state index < -0.39 is 59.7 Å². The summed E-state index contributed by atoms with van der Waals surface area (Å²) in [5, 5.41) is 12.1. The number of amides is 2. The lowest BCUT2D eigenvalue weighted by molar-refractivity contribution is -0.157. The summed E-state index contributed by atoms with van der Waals surface area (Å²) in [7, 11) is 1.52. The van der Waals surface area contributed by atoms with Crippen molar-refractivity contribution >= 4 is 35.1 Å². The standard InChI is InChI=1S/C52H77N5O9/c1-7-8-9-10-11-12-13-14-15-16-17-19-40(58)33-39(25-27-54)51(63)57(6)49-38-22-24-46(64-29-28-55)42(34-38)41-31-37(21-23-47(41)65-35-48(61)66-52(3,4)5)32-43(44(59)20-18-26-53)56-50(62)36(2)30-45(49)60/h21-24,31,34,36,39,43,49H,7-20,25,27-30,32-33,35,54-55H2,1-6H3,(H,56,62)/t36-,39-,43+,49+/m1/s1. The molecule has 14 nitrogen and oxygen atoms in total. The van der Waals surface area contributed by atoms with Gasteiger partial charge in [-0.25, -0.2) is 4.79 Å². The number of esters is 1. The van der Waals surface area contributed by atoms with E-state index in [4.69, 9.17) is 25.7 Å². The zero-order valence-corrected chi connectivity index (χ0v) is 40.6. The molecule has 0 aromatic heterocycles. The molecule has 0 spiro atoms. The molecule has 0 unspecified atom stereocenters. The van der Waals surface area contributed by atoms with Crippen LogP contribution in [-0.2, 0) is 39.9 Å². The van der Waals surface area contributed by atoms with Gasteiger partial charge in [-0.3, -0.25) is 24.0 Å². The van der Waals surface area contributed by atoms with Crippen molar-refractivity contribution < 1.29 is 43.0 Å². The number of nitrogens with two attached hydrogens (primary N) is 2. The first-order valence-corrected chi connectivity index (χ1v) is 24.2. The zero-order chi connectivity index (χ0) is 48.6. The molecule has 0 saturated carbocycles. The van der Waals surface area contributed by atoms with Gasteiger partial charge in [-0.15, -0.1) is 0 Å². The second-order valence-electron chi connectivity index (χ2n) is 18.7. The van der Waals surface area contributed by atoms with Crippen LogP contribution in [0.15, 0.2) is 36.4 Å². The number of hydrogen-bond acceptors (Lipinski definition) is 12. The van der Waals surface area contributed by atoms with Crippen LogP contribution in [0.2, 0.25) is 0 Å². The molecule has 0 saturated heterocycles. The summed E-state index contributed by atoms with van der Waals surface area (Å²) in [6.45, 7) is 9.08. The number of ether oxygens (including phenoxy) is 3. The van der Waals surface area contributed by atoms with Crippen molar-refractivity contribution in [2.75, 3.05) is 33.4 Å². The fourth-order valence-electron chi connectivity index (χ4n) is 8.34. The summed E-state index contributed by atoms with van der Waals surface area (Å²) in [4.78, 5) is 84.2. The Balaban J connectivity index is 2.05. The molecule has 1 heterocycles. The van der Waals surface area contributed by atoms with Gasteiger partial charge in [-0.05, 0) is 82.0 Å². The Hall–Kier alpha value is -5.13. The normalized spacial score (nSPS) is 16.9. The average Bonchev–Trinajstić information content (AvgIpc) is 3.27. The van der Waals surface area contributed by atoms with E-state index >= 15 is 0 Å². The Morgan fingerprint density at radius 1 is 0.848 bits per heavy atom. The number of unbranched alkanes of at least 4 members (excludes halogenated alkanes) is 10. The fourth-order valence-corrected chi connectivity index (χ4v) is 8.34. The molecule has 4 bridgehead atoms. The molecule has 2 aromatic rings. The smallest absolute Gasteiger partial charge is 0.344 e. The molecule has 364 valence electrons.